The maximum absolute atomic E-state index is 12.6. The van der Waals surface area contributed by atoms with Crippen molar-refractivity contribution in [2.75, 3.05) is 17.2 Å². The molecule has 1 amide bonds. The Hall–Kier alpha value is -1.56. The molecule has 3 N–H and O–H groups in total. The number of sulfone groups is 1. The van der Waals surface area contributed by atoms with Gasteiger partial charge < -0.3 is 11.1 Å². The average molecular weight is 310 g/mol. The minimum atomic E-state index is -3.05. The second-order valence-corrected chi connectivity index (χ2v) is 8.79. The van der Waals surface area contributed by atoms with Crippen LogP contribution in [-0.4, -0.2) is 31.4 Å². The molecule has 1 aromatic rings. The van der Waals surface area contributed by atoms with Crippen LogP contribution in [0.1, 0.15) is 32.8 Å². The third-order valence-electron chi connectivity index (χ3n) is 4.12. The van der Waals surface area contributed by atoms with Crippen molar-refractivity contribution in [3.8, 4) is 0 Å². The molecule has 0 spiro atoms. The standard InChI is InChI=1S/C15H22N2O3S/c1-14(2,11-4-6-12(16)7-5-11)13(18)17-15(3)8-9-21(19,20)10-15/h4-7H,8-10,16H2,1-3H3,(H,17,18). The van der Waals surface area contributed by atoms with Crippen molar-refractivity contribution in [3.05, 3.63) is 29.8 Å². The van der Waals surface area contributed by atoms with Gasteiger partial charge in [-0.1, -0.05) is 12.1 Å². The normalized spacial score (nSPS) is 24.7. The fourth-order valence-corrected chi connectivity index (χ4v) is 4.66. The Morgan fingerprint density at radius 3 is 2.33 bits per heavy atom. The van der Waals surface area contributed by atoms with E-state index in [0.717, 1.165) is 5.56 Å². The third-order valence-corrected chi connectivity index (χ3v) is 6.02. The maximum atomic E-state index is 12.6. The van der Waals surface area contributed by atoms with Gasteiger partial charge in [0.2, 0.25) is 5.91 Å². The summed E-state index contributed by atoms with van der Waals surface area (Å²) in [6.45, 7) is 5.43. The van der Waals surface area contributed by atoms with Crippen molar-refractivity contribution < 1.29 is 13.2 Å². The maximum Gasteiger partial charge on any atom is 0.230 e. The van der Waals surface area contributed by atoms with E-state index in [2.05, 4.69) is 5.32 Å². The molecule has 0 bridgehead atoms. The van der Waals surface area contributed by atoms with Crippen molar-refractivity contribution in [3.63, 3.8) is 0 Å². The smallest absolute Gasteiger partial charge is 0.230 e. The molecule has 1 aliphatic rings. The number of amides is 1. The highest BCUT2D eigenvalue weighted by Gasteiger charge is 2.42. The van der Waals surface area contributed by atoms with Crippen molar-refractivity contribution in [1.29, 1.82) is 0 Å². The van der Waals surface area contributed by atoms with Crippen molar-refractivity contribution in [2.24, 2.45) is 0 Å². The summed E-state index contributed by atoms with van der Waals surface area (Å²) >= 11 is 0. The number of carbonyl (C=O) groups excluding carboxylic acids is 1. The molecule has 116 valence electrons. The second kappa shape index (κ2) is 5.02. The monoisotopic (exact) mass is 310 g/mol. The molecule has 1 unspecified atom stereocenters. The van der Waals surface area contributed by atoms with E-state index >= 15 is 0 Å². The molecular formula is C15H22N2O3S. The van der Waals surface area contributed by atoms with Crippen LogP contribution in [0.25, 0.3) is 0 Å². The molecule has 6 heteroatoms. The minimum absolute atomic E-state index is 0.00353. The summed E-state index contributed by atoms with van der Waals surface area (Å²) in [5, 5.41) is 2.91. The van der Waals surface area contributed by atoms with Crippen molar-refractivity contribution >= 4 is 21.4 Å². The zero-order chi connectivity index (χ0) is 15.9. The van der Waals surface area contributed by atoms with E-state index in [9.17, 15) is 13.2 Å². The number of benzene rings is 1. The van der Waals surface area contributed by atoms with Gasteiger partial charge in [-0.15, -0.1) is 0 Å². The lowest BCUT2D eigenvalue weighted by atomic mass is 9.82. The zero-order valence-corrected chi connectivity index (χ0v) is 13.5. The van der Waals surface area contributed by atoms with E-state index in [4.69, 9.17) is 5.73 Å². The van der Waals surface area contributed by atoms with Crippen LogP contribution in [0.3, 0.4) is 0 Å². The van der Waals surface area contributed by atoms with Crippen molar-refractivity contribution in [2.45, 2.75) is 38.1 Å². The fraction of sp³-hybridized carbons (Fsp3) is 0.533. The highest BCUT2D eigenvalue weighted by molar-refractivity contribution is 7.91. The van der Waals surface area contributed by atoms with E-state index < -0.39 is 20.8 Å². The minimum Gasteiger partial charge on any atom is -0.399 e. The van der Waals surface area contributed by atoms with E-state index in [1.165, 1.54) is 0 Å². The molecular weight excluding hydrogens is 288 g/mol. The summed E-state index contributed by atoms with van der Waals surface area (Å²) in [5.74, 6) is -0.0396. The number of nitrogen functional groups attached to an aromatic ring is 1. The Balaban J connectivity index is 2.17. The number of hydrogen-bond donors (Lipinski definition) is 2. The first-order valence-electron chi connectivity index (χ1n) is 6.93. The third kappa shape index (κ3) is 3.37. The summed E-state index contributed by atoms with van der Waals surface area (Å²) in [6, 6.07) is 7.16. The van der Waals surface area contributed by atoms with E-state index in [1.54, 1.807) is 19.1 Å². The Morgan fingerprint density at radius 1 is 1.29 bits per heavy atom. The SMILES string of the molecule is CC1(NC(=O)C(C)(C)c2ccc(N)cc2)CCS(=O)(=O)C1. The van der Waals surface area contributed by atoms with Gasteiger partial charge in [-0.3, -0.25) is 4.79 Å². The lowest BCUT2D eigenvalue weighted by Gasteiger charge is -2.31. The van der Waals surface area contributed by atoms with Gasteiger partial charge in [0.25, 0.3) is 0 Å². The van der Waals surface area contributed by atoms with Gasteiger partial charge in [0.15, 0.2) is 9.84 Å². The summed E-state index contributed by atoms with van der Waals surface area (Å²) in [5.41, 5.74) is 5.72. The topological polar surface area (TPSA) is 89.3 Å². The van der Waals surface area contributed by atoms with Gasteiger partial charge in [-0.25, -0.2) is 8.42 Å². The van der Waals surface area contributed by atoms with E-state index in [0.29, 0.717) is 12.1 Å². The Kier molecular flexibility index (Phi) is 3.78. The van der Waals surface area contributed by atoms with Gasteiger partial charge in [-0.05, 0) is 44.9 Å². The molecule has 21 heavy (non-hydrogen) atoms. The second-order valence-electron chi connectivity index (χ2n) is 6.60. The van der Waals surface area contributed by atoms with Gasteiger partial charge in [0.05, 0.1) is 22.5 Å². The molecule has 1 aliphatic heterocycles. The largest absolute Gasteiger partial charge is 0.399 e. The molecule has 5 nitrogen and oxygen atoms in total. The van der Waals surface area contributed by atoms with E-state index in [1.807, 2.05) is 26.0 Å². The highest BCUT2D eigenvalue weighted by Crippen LogP contribution is 2.28. The van der Waals surface area contributed by atoms with Crippen LogP contribution in [0.2, 0.25) is 0 Å². The molecule has 0 aliphatic carbocycles. The van der Waals surface area contributed by atoms with Crippen LogP contribution in [0.5, 0.6) is 0 Å². The highest BCUT2D eigenvalue weighted by atomic mass is 32.2. The zero-order valence-electron chi connectivity index (χ0n) is 12.6. The van der Waals surface area contributed by atoms with Crippen LogP contribution in [0.4, 0.5) is 5.69 Å². The summed E-state index contributed by atoms with van der Waals surface area (Å²) < 4.78 is 23.2. The van der Waals surface area contributed by atoms with Crippen LogP contribution in [0, 0.1) is 0 Å². The fourth-order valence-electron chi connectivity index (χ4n) is 2.57. The number of carbonyl (C=O) groups is 1. The van der Waals surface area contributed by atoms with Crippen LogP contribution >= 0.6 is 0 Å². The predicted molar refractivity (Wildman–Crippen MR) is 83.7 cm³/mol. The number of nitrogens with two attached hydrogens (primary N) is 1. The first-order chi connectivity index (χ1) is 9.54. The van der Waals surface area contributed by atoms with E-state index in [-0.39, 0.29) is 17.4 Å². The lowest BCUT2D eigenvalue weighted by Crippen LogP contribution is -2.52. The number of rotatable bonds is 3. The average Bonchev–Trinajstić information content (AvgIpc) is 2.63. The van der Waals surface area contributed by atoms with Crippen LogP contribution < -0.4 is 11.1 Å². The predicted octanol–water partition coefficient (Wildman–Crippen LogP) is 1.24. The van der Waals surface area contributed by atoms with Crippen LogP contribution in [0.15, 0.2) is 24.3 Å². The Morgan fingerprint density at radius 2 is 1.86 bits per heavy atom. The molecule has 1 aromatic carbocycles. The number of hydrogen-bond acceptors (Lipinski definition) is 4. The molecule has 1 saturated heterocycles. The quantitative estimate of drug-likeness (QED) is 0.822. The van der Waals surface area contributed by atoms with Crippen LogP contribution in [-0.2, 0) is 20.0 Å². The molecule has 2 rings (SSSR count). The molecule has 0 saturated carbocycles. The summed E-state index contributed by atoms with van der Waals surface area (Å²) in [4.78, 5) is 12.6. The molecule has 1 heterocycles. The first kappa shape index (κ1) is 15.8. The Labute approximate surface area is 125 Å². The summed E-state index contributed by atoms with van der Waals surface area (Å²) in [6.07, 6.45) is 0.457. The van der Waals surface area contributed by atoms with Gasteiger partial charge in [-0.2, -0.15) is 0 Å². The Bertz CT molecular complexity index is 650. The number of anilines is 1. The van der Waals surface area contributed by atoms with Gasteiger partial charge in [0, 0.05) is 5.69 Å². The molecule has 1 atom stereocenters. The lowest BCUT2D eigenvalue weighted by molar-refractivity contribution is -0.127. The van der Waals surface area contributed by atoms with Gasteiger partial charge >= 0.3 is 0 Å². The van der Waals surface area contributed by atoms with Gasteiger partial charge in [0.1, 0.15) is 0 Å². The molecule has 0 aromatic heterocycles. The van der Waals surface area contributed by atoms with Crippen molar-refractivity contribution in [1.82, 2.24) is 5.32 Å². The molecule has 0 radical (unpaired) electrons. The summed E-state index contributed by atoms with van der Waals surface area (Å²) in [7, 11) is -3.05. The first-order valence-corrected chi connectivity index (χ1v) is 8.75. The number of nitrogens with one attached hydrogen (secondary N) is 1. The molecule has 1 fully saturated rings.